The molecule has 22 heavy (non-hydrogen) atoms. The predicted molar refractivity (Wildman–Crippen MR) is 86.1 cm³/mol. The summed E-state index contributed by atoms with van der Waals surface area (Å²) in [6.45, 7) is 0. The first-order valence-corrected chi connectivity index (χ1v) is 8.69. The minimum absolute atomic E-state index is 0.254. The second-order valence-electron chi connectivity index (χ2n) is 5.21. The van der Waals surface area contributed by atoms with Crippen LogP contribution in [0.1, 0.15) is 12.8 Å². The van der Waals surface area contributed by atoms with E-state index in [2.05, 4.69) is 0 Å². The lowest BCUT2D eigenvalue weighted by atomic mass is 10.1. The molecule has 0 amide bonds. The van der Waals surface area contributed by atoms with Gasteiger partial charge in [0.25, 0.3) is 10.1 Å². The van der Waals surface area contributed by atoms with Crippen molar-refractivity contribution in [2.75, 3.05) is 10.7 Å². The first-order chi connectivity index (χ1) is 10.5. The number of benzene rings is 2. The molecule has 1 aliphatic rings. The Labute approximate surface area is 129 Å². The molecule has 0 aromatic heterocycles. The van der Waals surface area contributed by atoms with E-state index in [-0.39, 0.29) is 12.0 Å². The standard InChI is InChI=1S/C16H17NO4S/c18-22(19,20)12-4-9-16-17(10-11-21-16)15-8-3-6-13-5-1-2-7-14(13)15/h1-3,5-8,10-11,16H,4,9,12H2,(H,18,19,20). The molecule has 116 valence electrons. The van der Waals surface area contributed by atoms with Gasteiger partial charge in [-0.25, -0.2) is 0 Å². The van der Waals surface area contributed by atoms with Crippen LogP contribution >= 0.6 is 0 Å². The lowest BCUT2D eigenvalue weighted by Crippen LogP contribution is -2.28. The van der Waals surface area contributed by atoms with Crippen LogP contribution in [0.4, 0.5) is 5.69 Å². The van der Waals surface area contributed by atoms with E-state index in [0.717, 1.165) is 16.5 Å². The van der Waals surface area contributed by atoms with Gasteiger partial charge in [0.15, 0.2) is 6.23 Å². The number of nitrogens with zero attached hydrogens (tertiary/aromatic N) is 1. The van der Waals surface area contributed by atoms with Crippen LogP contribution in [-0.2, 0) is 14.9 Å². The molecular weight excluding hydrogens is 302 g/mol. The van der Waals surface area contributed by atoms with Crippen molar-refractivity contribution in [2.24, 2.45) is 0 Å². The average Bonchev–Trinajstić information content (AvgIpc) is 2.93. The molecule has 0 aliphatic carbocycles. The zero-order valence-corrected chi connectivity index (χ0v) is 12.7. The van der Waals surface area contributed by atoms with Crippen LogP contribution in [-0.4, -0.2) is 25.0 Å². The highest BCUT2D eigenvalue weighted by molar-refractivity contribution is 7.85. The fraction of sp³-hybridized carbons (Fsp3) is 0.250. The van der Waals surface area contributed by atoms with Crippen molar-refractivity contribution < 1.29 is 17.7 Å². The van der Waals surface area contributed by atoms with Crippen molar-refractivity contribution in [3.63, 3.8) is 0 Å². The van der Waals surface area contributed by atoms with Gasteiger partial charge in [-0.1, -0.05) is 36.4 Å². The minimum atomic E-state index is -3.93. The summed E-state index contributed by atoms with van der Waals surface area (Å²) in [5, 5.41) is 2.25. The molecule has 3 rings (SSSR count). The highest BCUT2D eigenvalue weighted by Gasteiger charge is 2.23. The first-order valence-electron chi connectivity index (χ1n) is 7.08. The van der Waals surface area contributed by atoms with Crippen LogP contribution in [0.25, 0.3) is 10.8 Å². The number of hydrogen-bond donors (Lipinski definition) is 1. The number of rotatable bonds is 5. The maximum atomic E-state index is 10.8. The van der Waals surface area contributed by atoms with Crippen molar-refractivity contribution in [3.8, 4) is 0 Å². The van der Waals surface area contributed by atoms with Crippen molar-refractivity contribution in [3.05, 3.63) is 54.9 Å². The molecule has 1 unspecified atom stereocenters. The summed E-state index contributed by atoms with van der Waals surface area (Å²) >= 11 is 0. The summed E-state index contributed by atoms with van der Waals surface area (Å²) in [4.78, 5) is 1.99. The lowest BCUT2D eigenvalue weighted by molar-refractivity contribution is 0.161. The van der Waals surface area contributed by atoms with Crippen LogP contribution in [0.5, 0.6) is 0 Å². The Balaban J connectivity index is 1.81. The molecular formula is C16H17NO4S. The Morgan fingerprint density at radius 3 is 2.73 bits per heavy atom. The molecule has 0 fully saturated rings. The van der Waals surface area contributed by atoms with Crippen molar-refractivity contribution in [2.45, 2.75) is 19.1 Å². The molecule has 6 heteroatoms. The lowest BCUT2D eigenvalue weighted by Gasteiger charge is -2.25. The third-order valence-electron chi connectivity index (χ3n) is 3.67. The maximum absolute atomic E-state index is 10.8. The van der Waals surface area contributed by atoms with Gasteiger partial charge in [0.1, 0.15) is 6.26 Å². The third-order valence-corrected chi connectivity index (χ3v) is 4.47. The van der Waals surface area contributed by atoms with Gasteiger partial charge in [0, 0.05) is 18.0 Å². The fourth-order valence-electron chi connectivity index (χ4n) is 2.67. The smallest absolute Gasteiger partial charge is 0.264 e. The molecule has 1 atom stereocenters. The second kappa shape index (κ2) is 5.98. The van der Waals surface area contributed by atoms with Crippen LogP contribution < -0.4 is 4.90 Å². The van der Waals surface area contributed by atoms with Crippen LogP contribution in [0.15, 0.2) is 54.9 Å². The fourth-order valence-corrected chi connectivity index (χ4v) is 3.20. The molecule has 5 nitrogen and oxygen atoms in total. The van der Waals surface area contributed by atoms with Gasteiger partial charge in [0.2, 0.25) is 0 Å². The molecule has 2 aromatic rings. The highest BCUT2D eigenvalue weighted by atomic mass is 32.2. The summed E-state index contributed by atoms with van der Waals surface area (Å²) in [6, 6.07) is 14.1. The van der Waals surface area contributed by atoms with E-state index in [1.807, 2.05) is 53.6 Å². The van der Waals surface area contributed by atoms with E-state index in [1.54, 1.807) is 6.26 Å². The van der Waals surface area contributed by atoms with Crippen molar-refractivity contribution >= 4 is 26.6 Å². The minimum Gasteiger partial charge on any atom is -0.476 e. The predicted octanol–water partition coefficient (Wildman–Crippen LogP) is 3.14. The Hall–Kier alpha value is -2.05. The van der Waals surface area contributed by atoms with E-state index < -0.39 is 10.1 Å². The number of fused-ring (bicyclic) bond motifs is 1. The van der Waals surface area contributed by atoms with Gasteiger partial charge >= 0.3 is 0 Å². The van der Waals surface area contributed by atoms with E-state index in [1.165, 1.54) is 0 Å². The number of anilines is 1. The van der Waals surface area contributed by atoms with E-state index in [9.17, 15) is 8.42 Å². The van der Waals surface area contributed by atoms with Crippen LogP contribution in [0.2, 0.25) is 0 Å². The molecule has 0 spiro atoms. The number of hydrogen-bond acceptors (Lipinski definition) is 4. The monoisotopic (exact) mass is 319 g/mol. The summed E-state index contributed by atoms with van der Waals surface area (Å²) < 4.78 is 36.0. The average molecular weight is 319 g/mol. The molecule has 1 N–H and O–H groups in total. The Morgan fingerprint density at radius 2 is 1.91 bits per heavy atom. The zero-order chi connectivity index (χ0) is 15.6. The first kappa shape index (κ1) is 14.9. The molecule has 0 radical (unpaired) electrons. The Kier molecular flexibility index (Phi) is 4.04. The van der Waals surface area contributed by atoms with Gasteiger partial charge in [-0.05, 0) is 17.9 Å². The van der Waals surface area contributed by atoms with Gasteiger partial charge in [-0.15, -0.1) is 0 Å². The number of ether oxygens (including phenoxy) is 1. The van der Waals surface area contributed by atoms with Gasteiger partial charge < -0.3 is 9.64 Å². The Morgan fingerprint density at radius 1 is 1.14 bits per heavy atom. The SMILES string of the molecule is O=S(=O)(O)CCCC1OC=CN1c1cccc2ccccc12. The van der Waals surface area contributed by atoms with Gasteiger partial charge in [0.05, 0.1) is 11.4 Å². The van der Waals surface area contributed by atoms with Crippen LogP contribution in [0.3, 0.4) is 0 Å². The van der Waals surface area contributed by atoms with Gasteiger partial charge in [-0.3, -0.25) is 4.55 Å². The Bertz CT molecular complexity index is 795. The quantitative estimate of drug-likeness (QED) is 0.858. The summed E-state index contributed by atoms with van der Waals surface area (Å²) in [5.41, 5.74) is 1.02. The van der Waals surface area contributed by atoms with E-state index in [0.29, 0.717) is 12.8 Å². The largest absolute Gasteiger partial charge is 0.476 e. The summed E-state index contributed by atoms with van der Waals surface area (Å²) in [6.07, 6.45) is 4.05. The summed E-state index contributed by atoms with van der Waals surface area (Å²) in [7, 11) is -3.93. The second-order valence-corrected chi connectivity index (χ2v) is 6.78. The normalized spacial score (nSPS) is 17.9. The van der Waals surface area contributed by atoms with Gasteiger partial charge in [-0.2, -0.15) is 8.42 Å². The molecule has 0 bridgehead atoms. The molecule has 0 saturated carbocycles. The molecule has 1 heterocycles. The third kappa shape index (κ3) is 3.23. The maximum Gasteiger partial charge on any atom is 0.264 e. The van der Waals surface area contributed by atoms with E-state index >= 15 is 0 Å². The summed E-state index contributed by atoms with van der Waals surface area (Å²) in [5.74, 6) is -0.254. The van der Waals surface area contributed by atoms with E-state index in [4.69, 9.17) is 9.29 Å². The molecule has 0 saturated heterocycles. The van der Waals surface area contributed by atoms with Crippen LogP contribution in [0, 0.1) is 0 Å². The molecule has 1 aliphatic heterocycles. The molecule has 2 aromatic carbocycles. The van der Waals surface area contributed by atoms with Crippen molar-refractivity contribution in [1.29, 1.82) is 0 Å². The van der Waals surface area contributed by atoms with Crippen molar-refractivity contribution in [1.82, 2.24) is 0 Å². The highest BCUT2D eigenvalue weighted by Crippen LogP contribution is 2.31. The zero-order valence-electron chi connectivity index (χ0n) is 11.9. The topological polar surface area (TPSA) is 66.8 Å².